The van der Waals surface area contributed by atoms with Crippen molar-refractivity contribution in [3.05, 3.63) is 90.0 Å². The molecule has 0 radical (unpaired) electrons. The smallest absolute Gasteiger partial charge is 0.416 e. The second-order valence-electron chi connectivity index (χ2n) is 7.16. The van der Waals surface area contributed by atoms with Crippen molar-refractivity contribution in [1.82, 2.24) is 0 Å². The zero-order chi connectivity index (χ0) is 23.4. The van der Waals surface area contributed by atoms with Crippen LogP contribution in [0, 0.1) is 0 Å². The Kier molecular flexibility index (Phi) is 6.21. The zero-order valence-electron chi connectivity index (χ0n) is 17.0. The van der Waals surface area contributed by atoms with E-state index < -0.39 is 35.8 Å². The van der Waals surface area contributed by atoms with Crippen molar-refractivity contribution in [3.63, 3.8) is 0 Å². The van der Waals surface area contributed by atoms with Gasteiger partial charge in [-0.15, -0.1) is 0 Å². The maximum atomic E-state index is 13.0. The average Bonchev–Trinajstić information content (AvgIpc) is 2.82. The van der Waals surface area contributed by atoms with E-state index in [0.717, 1.165) is 12.1 Å². The topological polar surface area (TPSA) is 73.9 Å². The van der Waals surface area contributed by atoms with E-state index in [0.29, 0.717) is 17.1 Å². The van der Waals surface area contributed by atoms with Gasteiger partial charge >= 0.3 is 12.1 Å². The van der Waals surface area contributed by atoms with Crippen LogP contribution >= 0.6 is 0 Å². The number of nitrogens with one attached hydrogen (secondary N) is 1. The molecule has 0 unspecified atom stereocenters. The van der Waals surface area contributed by atoms with Crippen molar-refractivity contribution in [2.45, 2.75) is 18.4 Å². The molecule has 1 heterocycles. The molecule has 0 spiro atoms. The predicted octanol–water partition coefficient (Wildman–Crippen LogP) is 4.77. The molecule has 0 saturated heterocycles. The predicted molar refractivity (Wildman–Crippen MR) is 112 cm³/mol. The summed E-state index contributed by atoms with van der Waals surface area (Å²) in [5.74, 6) is -0.831. The van der Waals surface area contributed by atoms with Gasteiger partial charge in [-0.3, -0.25) is 4.79 Å². The maximum absolute atomic E-state index is 13.0. The summed E-state index contributed by atoms with van der Waals surface area (Å²) in [7, 11) is 0. The average molecular weight is 457 g/mol. The Hall–Kier alpha value is -4.01. The minimum absolute atomic E-state index is 0.0852. The molecule has 0 fully saturated rings. The lowest BCUT2D eigenvalue weighted by Gasteiger charge is -2.26. The normalized spacial score (nSPS) is 15.9. The fourth-order valence-electron chi connectivity index (χ4n) is 3.21. The Morgan fingerprint density at radius 3 is 2.36 bits per heavy atom. The minimum atomic E-state index is -4.57. The first-order valence-corrected chi connectivity index (χ1v) is 9.93. The summed E-state index contributed by atoms with van der Waals surface area (Å²) in [6.45, 7) is -0.118. The molecule has 3 aromatic carbocycles. The summed E-state index contributed by atoms with van der Waals surface area (Å²) in [6.07, 6.45) is -7.11. The number of benzene rings is 3. The van der Waals surface area contributed by atoms with Gasteiger partial charge in [0.1, 0.15) is 6.61 Å². The third-order valence-electron chi connectivity index (χ3n) is 4.80. The van der Waals surface area contributed by atoms with Crippen molar-refractivity contribution in [3.8, 4) is 11.5 Å². The zero-order valence-corrected chi connectivity index (χ0v) is 17.0. The molecule has 33 heavy (non-hydrogen) atoms. The van der Waals surface area contributed by atoms with Crippen molar-refractivity contribution in [2.24, 2.45) is 0 Å². The van der Waals surface area contributed by atoms with E-state index in [-0.39, 0.29) is 12.3 Å². The van der Waals surface area contributed by atoms with E-state index in [1.807, 2.05) is 0 Å². The Labute approximate surface area is 186 Å². The van der Waals surface area contributed by atoms with Crippen LogP contribution in [-0.4, -0.2) is 24.6 Å². The monoisotopic (exact) mass is 457 g/mol. The van der Waals surface area contributed by atoms with Gasteiger partial charge in [0.25, 0.3) is 5.91 Å². The van der Waals surface area contributed by atoms with Gasteiger partial charge < -0.3 is 19.5 Å². The Morgan fingerprint density at radius 1 is 0.939 bits per heavy atom. The van der Waals surface area contributed by atoms with Crippen LogP contribution in [0.1, 0.15) is 17.2 Å². The number of hydrogen-bond donors (Lipinski definition) is 1. The van der Waals surface area contributed by atoms with Gasteiger partial charge in [-0.2, -0.15) is 13.2 Å². The van der Waals surface area contributed by atoms with E-state index in [1.165, 1.54) is 12.1 Å². The van der Waals surface area contributed by atoms with E-state index in [4.69, 9.17) is 14.2 Å². The third kappa shape index (κ3) is 5.25. The highest BCUT2D eigenvalue weighted by Crippen LogP contribution is 2.33. The number of para-hydroxylation sites is 2. The first kappa shape index (κ1) is 22.2. The lowest BCUT2D eigenvalue weighted by atomic mass is 10.1. The number of fused-ring (bicyclic) bond motifs is 1. The molecule has 1 aliphatic rings. The molecule has 0 bridgehead atoms. The van der Waals surface area contributed by atoms with Crippen LogP contribution in [0.5, 0.6) is 11.5 Å². The summed E-state index contributed by atoms with van der Waals surface area (Å²) >= 11 is 0. The molecule has 1 aliphatic heterocycles. The standard InChI is InChI=1S/C24H18F3NO5/c25-24(26,27)16-9-6-10-17(13-16)28-22(29)21(15-7-2-1-3-8-15)33-23(30)20-14-31-18-11-4-5-12-19(18)32-20/h1-13,20-21H,14H2,(H,28,29)/t20-,21-/m0/s1. The van der Waals surface area contributed by atoms with Gasteiger partial charge in [0.15, 0.2) is 11.5 Å². The molecule has 2 atom stereocenters. The molecular formula is C24H18F3NO5. The SMILES string of the molecule is O=C(O[C@H](C(=O)Nc1cccc(C(F)(F)F)c1)c1ccccc1)[C@@H]1COc2ccccc2O1. The van der Waals surface area contributed by atoms with Crippen molar-refractivity contribution >= 4 is 17.6 Å². The van der Waals surface area contributed by atoms with Crippen LogP contribution in [0.15, 0.2) is 78.9 Å². The number of hydrogen-bond acceptors (Lipinski definition) is 5. The highest BCUT2D eigenvalue weighted by Gasteiger charge is 2.34. The number of ether oxygens (including phenoxy) is 3. The molecule has 0 aliphatic carbocycles. The van der Waals surface area contributed by atoms with Crippen LogP contribution in [0.25, 0.3) is 0 Å². The first-order chi connectivity index (χ1) is 15.8. The van der Waals surface area contributed by atoms with Gasteiger partial charge in [0.05, 0.1) is 5.56 Å². The molecular weight excluding hydrogens is 439 g/mol. The van der Waals surface area contributed by atoms with Crippen LogP contribution in [0.4, 0.5) is 18.9 Å². The highest BCUT2D eigenvalue weighted by molar-refractivity contribution is 5.96. The van der Waals surface area contributed by atoms with Crippen molar-refractivity contribution in [1.29, 1.82) is 0 Å². The molecule has 4 rings (SSSR count). The van der Waals surface area contributed by atoms with Gasteiger partial charge in [-0.1, -0.05) is 48.5 Å². The van der Waals surface area contributed by atoms with Crippen molar-refractivity contribution in [2.75, 3.05) is 11.9 Å². The Bertz CT molecular complexity index is 1150. The first-order valence-electron chi connectivity index (χ1n) is 9.93. The number of halogens is 3. The van der Waals surface area contributed by atoms with E-state index in [1.54, 1.807) is 54.6 Å². The number of esters is 1. The Balaban J connectivity index is 1.53. The fraction of sp³-hybridized carbons (Fsp3) is 0.167. The largest absolute Gasteiger partial charge is 0.485 e. The third-order valence-corrected chi connectivity index (χ3v) is 4.80. The number of anilines is 1. The number of carbonyl (C=O) groups is 2. The second-order valence-corrected chi connectivity index (χ2v) is 7.16. The molecule has 9 heteroatoms. The number of carbonyl (C=O) groups excluding carboxylic acids is 2. The molecule has 3 aromatic rings. The summed E-state index contributed by atoms with van der Waals surface area (Å²) < 4.78 is 55.6. The number of alkyl halides is 3. The quantitative estimate of drug-likeness (QED) is 0.559. The lowest BCUT2D eigenvalue weighted by Crippen LogP contribution is -2.39. The highest BCUT2D eigenvalue weighted by atomic mass is 19.4. The lowest BCUT2D eigenvalue weighted by molar-refractivity contribution is -0.164. The van der Waals surface area contributed by atoms with Crippen LogP contribution in [-0.2, 0) is 20.5 Å². The number of amides is 1. The molecule has 1 amide bonds. The van der Waals surface area contributed by atoms with Gasteiger partial charge in [-0.05, 0) is 30.3 Å². The van der Waals surface area contributed by atoms with Crippen molar-refractivity contribution < 1.29 is 37.0 Å². The summed E-state index contributed by atoms with van der Waals surface area (Å²) in [5, 5.41) is 2.39. The van der Waals surface area contributed by atoms with Crippen LogP contribution in [0.2, 0.25) is 0 Å². The fourth-order valence-corrected chi connectivity index (χ4v) is 3.21. The van der Waals surface area contributed by atoms with Gasteiger partial charge in [0, 0.05) is 11.3 Å². The van der Waals surface area contributed by atoms with Crippen LogP contribution < -0.4 is 14.8 Å². The van der Waals surface area contributed by atoms with Gasteiger partial charge in [0.2, 0.25) is 12.2 Å². The van der Waals surface area contributed by atoms with E-state index >= 15 is 0 Å². The molecule has 170 valence electrons. The van der Waals surface area contributed by atoms with Gasteiger partial charge in [-0.25, -0.2) is 4.79 Å². The summed E-state index contributed by atoms with van der Waals surface area (Å²) in [6, 6.07) is 19.1. The molecule has 0 saturated carbocycles. The maximum Gasteiger partial charge on any atom is 0.416 e. The Morgan fingerprint density at radius 2 is 1.64 bits per heavy atom. The van der Waals surface area contributed by atoms with E-state index in [2.05, 4.69) is 5.32 Å². The minimum Gasteiger partial charge on any atom is -0.485 e. The molecule has 0 aromatic heterocycles. The van der Waals surface area contributed by atoms with Crippen LogP contribution in [0.3, 0.4) is 0 Å². The number of rotatable bonds is 5. The van der Waals surface area contributed by atoms with E-state index in [9.17, 15) is 22.8 Å². The summed E-state index contributed by atoms with van der Waals surface area (Å²) in [4.78, 5) is 25.7. The molecule has 6 nitrogen and oxygen atoms in total. The summed E-state index contributed by atoms with van der Waals surface area (Å²) in [5.41, 5.74) is -0.662. The molecule has 1 N–H and O–H groups in total. The second kappa shape index (κ2) is 9.23.